The second-order valence-corrected chi connectivity index (χ2v) is 3.48. The molecule has 1 aromatic carbocycles. The van der Waals surface area contributed by atoms with Crippen LogP contribution in [0, 0.1) is 0 Å². The molecular weight excluding hydrogens is 236 g/mol. The lowest BCUT2D eigenvalue weighted by Gasteiger charge is -2.11. The van der Waals surface area contributed by atoms with Gasteiger partial charge in [0.1, 0.15) is 12.4 Å². The summed E-state index contributed by atoms with van der Waals surface area (Å²) in [7, 11) is 0. The van der Waals surface area contributed by atoms with E-state index in [0.717, 1.165) is 0 Å². The van der Waals surface area contributed by atoms with Crippen LogP contribution in [-0.2, 0) is 9.53 Å². The van der Waals surface area contributed by atoms with Gasteiger partial charge in [0.25, 0.3) is 5.56 Å². The van der Waals surface area contributed by atoms with Crippen molar-refractivity contribution in [2.45, 2.75) is 5.56 Å². The zero-order valence-electron chi connectivity index (χ0n) is 7.93. The van der Waals surface area contributed by atoms with Gasteiger partial charge in [-0.05, 0) is 12.1 Å². The normalized spacial score (nSPS) is 11.9. The van der Waals surface area contributed by atoms with Crippen LogP contribution in [0.4, 0.5) is 0 Å². The average molecular weight is 247 g/mol. The van der Waals surface area contributed by atoms with E-state index in [0.29, 0.717) is 11.5 Å². The molecule has 0 aliphatic heterocycles. The minimum absolute atomic E-state index is 0.226. The molecule has 1 aromatic rings. The Kier molecular flexibility index (Phi) is 5.36. The molecule has 0 radical (unpaired) electrons. The number of benzene rings is 1. The molecular formula is C10H11ClO3S. The van der Waals surface area contributed by atoms with Gasteiger partial charge >= 0.3 is 5.97 Å². The number of alkyl halides is 1. The fraction of sp³-hybridized carbons (Fsp3) is 0.300. The van der Waals surface area contributed by atoms with Gasteiger partial charge in [-0.2, -0.15) is 12.6 Å². The highest BCUT2D eigenvalue weighted by molar-refractivity contribution is 7.80. The van der Waals surface area contributed by atoms with E-state index < -0.39 is 11.5 Å². The lowest BCUT2D eigenvalue weighted by Crippen LogP contribution is -2.24. The third-order valence-electron chi connectivity index (χ3n) is 1.50. The highest BCUT2D eigenvalue weighted by atomic mass is 35.5. The first kappa shape index (κ1) is 12.2. The smallest absolute Gasteiger partial charge is 0.363 e. The van der Waals surface area contributed by atoms with Crippen molar-refractivity contribution < 1.29 is 14.3 Å². The van der Waals surface area contributed by atoms with E-state index in [1.54, 1.807) is 24.3 Å². The van der Waals surface area contributed by atoms with E-state index in [1.807, 2.05) is 6.07 Å². The van der Waals surface area contributed by atoms with E-state index in [2.05, 4.69) is 12.6 Å². The van der Waals surface area contributed by atoms with E-state index in [9.17, 15) is 4.79 Å². The van der Waals surface area contributed by atoms with Gasteiger partial charge < -0.3 is 9.47 Å². The predicted molar refractivity (Wildman–Crippen MR) is 61.5 cm³/mol. The SMILES string of the molecule is O=C(OCCS)C(Cl)Oc1ccccc1. The molecule has 15 heavy (non-hydrogen) atoms. The number of esters is 1. The fourth-order valence-electron chi connectivity index (χ4n) is 0.878. The molecule has 0 fully saturated rings. The summed E-state index contributed by atoms with van der Waals surface area (Å²) in [5, 5.41) is 0. The number of rotatable bonds is 5. The number of carbonyl (C=O) groups is 1. The Labute approximate surface area is 98.7 Å². The average Bonchev–Trinajstić information content (AvgIpc) is 2.27. The summed E-state index contributed by atoms with van der Waals surface area (Å²) in [5.41, 5.74) is -1.12. The monoisotopic (exact) mass is 246 g/mol. The highest BCUT2D eigenvalue weighted by Crippen LogP contribution is 2.13. The van der Waals surface area contributed by atoms with Gasteiger partial charge in [0.15, 0.2) is 0 Å². The van der Waals surface area contributed by atoms with Gasteiger partial charge in [-0.15, -0.1) is 0 Å². The molecule has 1 atom stereocenters. The summed E-state index contributed by atoms with van der Waals surface area (Å²) in [6.07, 6.45) is 0. The highest BCUT2D eigenvalue weighted by Gasteiger charge is 2.18. The standard InChI is InChI=1S/C10H11ClO3S/c11-9(10(12)13-6-7-15)14-8-4-2-1-3-5-8/h1-5,9,15H,6-7H2. The van der Waals surface area contributed by atoms with Crippen LogP contribution in [0.2, 0.25) is 0 Å². The van der Waals surface area contributed by atoms with Crippen molar-refractivity contribution in [3.05, 3.63) is 30.3 Å². The quantitative estimate of drug-likeness (QED) is 0.491. The molecule has 0 aliphatic carbocycles. The molecule has 0 aromatic heterocycles. The molecule has 0 saturated carbocycles. The van der Waals surface area contributed by atoms with E-state index in [4.69, 9.17) is 21.1 Å². The molecule has 1 rings (SSSR count). The van der Waals surface area contributed by atoms with Crippen LogP contribution in [0.25, 0.3) is 0 Å². The van der Waals surface area contributed by atoms with Crippen molar-refractivity contribution in [1.29, 1.82) is 0 Å². The van der Waals surface area contributed by atoms with Gasteiger partial charge in [-0.3, -0.25) is 0 Å². The summed E-state index contributed by atoms with van der Waals surface area (Å²) in [5.74, 6) is 0.385. The van der Waals surface area contributed by atoms with Crippen LogP contribution in [0.1, 0.15) is 0 Å². The lowest BCUT2D eigenvalue weighted by atomic mass is 10.3. The topological polar surface area (TPSA) is 35.5 Å². The number of carbonyl (C=O) groups excluding carboxylic acids is 1. The first-order valence-corrected chi connectivity index (χ1v) is 5.44. The summed E-state index contributed by atoms with van der Waals surface area (Å²) < 4.78 is 9.89. The first-order valence-electron chi connectivity index (χ1n) is 4.37. The summed E-state index contributed by atoms with van der Waals surface area (Å²) in [4.78, 5) is 11.2. The Morgan fingerprint density at radius 3 is 2.67 bits per heavy atom. The molecule has 0 heterocycles. The molecule has 0 aliphatic rings. The van der Waals surface area contributed by atoms with E-state index in [1.165, 1.54) is 0 Å². The van der Waals surface area contributed by atoms with Crippen LogP contribution in [0.5, 0.6) is 5.75 Å². The molecule has 1 unspecified atom stereocenters. The Bertz CT molecular complexity index is 305. The van der Waals surface area contributed by atoms with Gasteiger partial charge in [0.2, 0.25) is 0 Å². The third-order valence-corrected chi connectivity index (χ3v) is 1.95. The van der Waals surface area contributed by atoms with Crippen molar-refractivity contribution in [1.82, 2.24) is 0 Å². The molecule has 0 saturated heterocycles. The first-order chi connectivity index (χ1) is 7.24. The number of thiol groups is 1. The maximum absolute atomic E-state index is 11.2. The maximum atomic E-state index is 11.2. The molecule has 3 nitrogen and oxygen atoms in total. The van der Waals surface area contributed by atoms with Crippen LogP contribution < -0.4 is 4.74 Å². The Morgan fingerprint density at radius 1 is 1.40 bits per heavy atom. The van der Waals surface area contributed by atoms with Crippen molar-refractivity contribution >= 4 is 30.2 Å². The number of halogens is 1. The number of hydrogen-bond acceptors (Lipinski definition) is 4. The zero-order valence-corrected chi connectivity index (χ0v) is 9.58. The molecule has 0 N–H and O–H groups in total. The predicted octanol–water partition coefficient (Wildman–Crippen LogP) is 2.10. The van der Waals surface area contributed by atoms with Crippen LogP contribution in [0.15, 0.2) is 30.3 Å². The van der Waals surface area contributed by atoms with Crippen molar-refractivity contribution in [3.8, 4) is 5.75 Å². The minimum atomic E-state index is -1.12. The molecule has 0 amide bonds. The Morgan fingerprint density at radius 2 is 2.07 bits per heavy atom. The minimum Gasteiger partial charge on any atom is -0.463 e. The Balaban J connectivity index is 2.41. The van der Waals surface area contributed by atoms with E-state index in [-0.39, 0.29) is 6.61 Å². The van der Waals surface area contributed by atoms with Gasteiger partial charge in [0.05, 0.1) is 0 Å². The summed E-state index contributed by atoms with van der Waals surface area (Å²) >= 11 is 9.58. The number of para-hydroxylation sites is 1. The second-order valence-electron chi connectivity index (χ2n) is 2.64. The maximum Gasteiger partial charge on any atom is 0.363 e. The molecule has 0 spiro atoms. The lowest BCUT2D eigenvalue weighted by molar-refractivity contribution is -0.147. The van der Waals surface area contributed by atoms with E-state index >= 15 is 0 Å². The van der Waals surface area contributed by atoms with Crippen LogP contribution in [0.3, 0.4) is 0 Å². The third kappa shape index (κ3) is 4.44. The number of hydrogen-bond donors (Lipinski definition) is 1. The fourth-order valence-corrected chi connectivity index (χ4v) is 1.14. The second kappa shape index (κ2) is 6.58. The summed E-state index contributed by atoms with van der Waals surface area (Å²) in [6, 6.07) is 8.84. The van der Waals surface area contributed by atoms with Crippen molar-refractivity contribution in [2.24, 2.45) is 0 Å². The Hall–Kier alpha value is -0.870. The molecule has 82 valence electrons. The molecule has 5 heteroatoms. The molecule has 0 bridgehead atoms. The van der Waals surface area contributed by atoms with Gasteiger partial charge in [-0.1, -0.05) is 29.8 Å². The van der Waals surface area contributed by atoms with Gasteiger partial charge in [0, 0.05) is 5.75 Å². The van der Waals surface area contributed by atoms with Gasteiger partial charge in [-0.25, -0.2) is 4.79 Å². The largest absolute Gasteiger partial charge is 0.463 e. The summed E-state index contributed by atoms with van der Waals surface area (Å²) in [6.45, 7) is 0.226. The van der Waals surface area contributed by atoms with Crippen molar-refractivity contribution in [2.75, 3.05) is 12.4 Å². The number of ether oxygens (including phenoxy) is 2. The zero-order chi connectivity index (χ0) is 11.1. The van der Waals surface area contributed by atoms with Crippen molar-refractivity contribution in [3.63, 3.8) is 0 Å². The van der Waals surface area contributed by atoms with Crippen LogP contribution >= 0.6 is 24.2 Å². The van der Waals surface area contributed by atoms with Crippen LogP contribution in [-0.4, -0.2) is 23.9 Å².